The molecule has 0 bridgehead atoms. The van der Waals surface area contributed by atoms with Crippen molar-refractivity contribution in [1.82, 2.24) is 0 Å². The van der Waals surface area contributed by atoms with Crippen LogP contribution in [0.5, 0.6) is 0 Å². The fourth-order valence-electron chi connectivity index (χ4n) is 2.10. The molecule has 5 nitrogen and oxygen atoms in total. The molecule has 1 aliphatic heterocycles. The highest BCUT2D eigenvalue weighted by Crippen LogP contribution is 2.32. The molecule has 1 aromatic rings. The first kappa shape index (κ1) is 12.7. The van der Waals surface area contributed by atoms with Gasteiger partial charge in [0.1, 0.15) is 0 Å². The van der Waals surface area contributed by atoms with Crippen LogP contribution in [0, 0.1) is 0 Å². The molecule has 5 heteroatoms. The van der Waals surface area contributed by atoms with Crippen LogP contribution in [0.2, 0.25) is 0 Å². The van der Waals surface area contributed by atoms with Crippen LogP contribution in [0.25, 0.3) is 0 Å². The molecule has 0 amide bonds. The highest BCUT2D eigenvalue weighted by atomic mass is 16.5. The molecule has 0 saturated carbocycles. The van der Waals surface area contributed by atoms with E-state index >= 15 is 0 Å². The van der Waals surface area contributed by atoms with Gasteiger partial charge in [-0.15, -0.1) is 0 Å². The number of esters is 1. The summed E-state index contributed by atoms with van der Waals surface area (Å²) in [7, 11) is 1.38. The van der Waals surface area contributed by atoms with Crippen LogP contribution in [0.1, 0.15) is 24.2 Å². The Labute approximate surface area is 107 Å². The third-order valence-electron chi connectivity index (χ3n) is 2.82. The molecule has 1 heterocycles. The third-order valence-corrected chi connectivity index (χ3v) is 2.82. The minimum absolute atomic E-state index is 0.260. The van der Waals surface area contributed by atoms with Crippen LogP contribution in [-0.4, -0.2) is 31.8 Å². The topological polar surface area (TPSA) is 67.6 Å². The molecule has 0 radical (unpaired) electrons. The van der Waals surface area contributed by atoms with Crippen molar-refractivity contribution >= 4 is 17.3 Å². The lowest BCUT2D eigenvalue weighted by Crippen LogP contribution is -2.45. The predicted molar refractivity (Wildman–Crippen MR) is 71.9 cm³/mol. The number of hydrogen-bond donors (Lipinski definition) is 2. The fraction of sp³-hybridized carbons (Fsp3) is 0.462. The predicted octanol–water partition coefficient (Wildman–Crippen LogP) is 1.40. The van der Waals surface area contributed by atoms with Gasteiger partial charge < -0.3 is 20.7 Å². The zero-order chi connectivity index (χ0) is 13.3. The quantitative estimate of drug-likeness (QED) is 0.793. The molecule has 0 aromatic heterocycles. The summed E-state index contributed by atoms with van der Waals surface area (Å²) in [4.78, 5) is 13.6. The van der Waals surface area contributed by atoms with Gasteiger partial charge in [-0.25, -0.2) is 4.79 Å². The molecule has 98 valence electrons. The van der Waals surface area contributed by atoms with Gasteiger partial charge in [0.15, 0.2) is 0 Å². The largest absolute Gasteiger partial charge is 0.465 e. The van der Waals surface area contributed by atoms with Crippen molar-refractivity contribution in [3.63, 3.8) is 0 Å². The summed E-state index contributed by atoms with van der Waals surface area (Å²) in [5.74, 6) is -0.322. The van der Waals surface area contributed by atoms with Crippen LogP contribution in [0.3, 0.4) is 0 Å². The summed E-state index contributed by atoms with van der Waals surface area (Å²) in [6.07, 6.45) is 0. The number of carbonyl (C=O) groups is 1. The zero-order valence-corrected chi connectivity index (χ0v) is 11.0. The normalized spacial score (nSPS) is 14.1. The molecule has 0 spiro atoms. The Bertz CT molecular complexity index is 466. The molecule has 0 unspecified atom stereocenters. The smallest absolute Gasteiger partial charge is 0.337 e. The van der Waals surface area contributed by atoms with Gasteiger partial charge in [-0.1, -0.05) is 0 Å². The Morgan fingerprint density at radius 3 is 2.89 bits per heavy atom. The summed E-state index contributed by atoms with van der Waals surface area (Å²) >= 11 is 0. The van der Waals surface area contributed by atoms with Crippen LogP contribution in [0.15, 0.2) is 18.2 Å². The van der Waals surface area contributed by atoms with E-state index in [1.807, 2.05) is 26.0 Å². The summed E-state index contributed by atoms with van der Waals surface area (Å²) in [6.45, 7) is 5.45. The summed E-state index contributed by atoms with van der Waals surface area (Å²) in [5.41, 5.74) is 8.34. The maximum Gasteiger partial charge on any atom is 0.337 e. The van der Waals surface area contributed by atoms with E-state index in [1.54, 1.807) is 6.07 Å². The molecule has 0 atom stereocenters. The van der Waals surface area contributed by atoms with E-state index in [0.29, 0.717) is 12.2 Å². The zero-order valence-electron chi connectivity index (χ0n) is 11.0. The number of rotatable bonds is 3. The van der Waals surface area contributed by atoms with E-state index in [2.05, 4.69) is 10.2 Å². The van der Waals surface area contributed by atoms with Crippen LogP contribution >= 0.6 is 0 Å². The van der Waals surface area contributed by atoms with Crippen LogP contribution < -0.4 is 16.0 Å². The fourth-order valence-corrected chi connectivity index (χ4v) is 2.10. The van der Waals surface area contributed by atoms with E-state index in [4.69, 9.17) is 10.5 Å². The number of fused-ring (bicyclic) bond motifs is 1. The highest BCUT2D eigenvalue weighted by molar-refractivity contribution is 5.93. The molecule has 3 N–H and O–H groups in total. The molecule has 1 aliphatic rings. The van der Waals surface area contributed by atoms with E-state index in [9.17, 15) is 4.79 Å². The lowest BCUT2D eigenvalue weighted by atomic mass is 10.1. The number of nitrogens with zero attached hydrogens (tertiary/aromatic N) is 1. The third kappa shape index (κ3) is 2.56. The van der Waals surface area contributed by atoms with Gasteiger partial charge in [0, 0.05) is 12.1 Å². The summed E-state index contributed by atoms with van der Waals surface area (Å²) in [5, 5.41) is 3.25. The van der Waals surface area contributed by atoms with Crippen molar-refractivity contribution in [2.75, 3.05) is 30.5 Å². The minimum Gasteiger partial charge on any atom is -0.465 e. The summed E-state index contributed by atoms with van der Waals surface area (Å²) in [6, 6.07) is 5.51. The van der Waals surface area contributed by atoms with Gasteiger partial charge in [0.2, 0.25) is 0 Å². The average Bonchev–Trinajstić information content (AvgIpc) is 2.68. The molecular weight excluding hydrogens is 230 g/mol. The number of carbonyl (C=O) groups excluding carboxylic acids is 1. The van der Waals surface area contributed by atoms with Gasteiger partial charge in [-0.05, 0) is 32.0 Å². The second-order valence-electron chi connectivity index (χ2n) is 5.24. The van der Waals surface area contributed by atoms with E-state index in [1.165, 1.54) is 7.11 Å². The van der Waals surface area contributed by atoms with Crippen molar-refractivity contribution in [3.8, 4) is 0 Å². The first-order valence-electron chi connectivity index (χ1n) is 5.91. The van der Waals surface area contributed by atoms with Gasteiger partial charge in [0.25, 0.3) is 0 Å². The second-order valence-corrected chi connectivity index (χ2v) is 5.24. The minimum atomic E-state index is -0.322. The number of benzene rings is 1. The van der Waals surface area contributed by atoms with E-state index in [0.717, 1.165) is 17.9 Å². The second kappa shape index (κ2) is 4.49. The van der Waals surface area contributed by atoms with Crippen molar-refractivity contribution in [3.05, 3.63) is 23.8 Å². The average molecular weight is 249 g/mol. The molecule has 1 aromatic carbocycles. The summed E-state index contributed by atoms with van der Waals surface area (Å²) < 4.78 is 4.70. The van der Waals surface area contributed by atoms with Gasteiger partial charge in [-0.3, -0.25) is 0 Å². The van der Waals surface area contributed by atoms with Crippen molar-refractivity contribution in [2.45, 2.75) is 19.4 Å². The Morgan fingerprint density at radius 1 is 1.56 bits per heavy atom. The highest BCUT2D eigenvalue weighted by Gasteiger charge is 2.24. The number of nitrogens with two attached hydrogens (primary N) is 1. The van der Waals surface area contributed by atoms with Crippen LogP contribution in [-0.2, 0) is 4.74 Å². The lowest BCUT2D eigenvalue weighted by molar-refractivity contribution is 0.0601. The van der Waals surface area contributed by atoms with E-state index < -0.39 is 0 Å². The standard InChI is InChI=1S/C13H19N3O2/c1-13(2,14)7-16-8-15-10-6-9(12(17)18-3)4-5-11(10)16/h4-6,15H,7-8,14H2,1-3H3. The number of ether oxygens (including phenoxy) is 1. The molecular formula is C13H19N3O2. The number of hydrogen-bond acceptors (Lipinski definition) is 5. The van der Waals surface area contributed by atoms with Crippen LogP contribution in [0.4, 0.5) is 11.4 Å². The number of methoxy groups -OCH3 is 1. The number of anilines is 2. The number of nitrogens with one attached hydrogen (secondary N) is 1. The van der Waals surface area contributed by atoms with Crippen molar-refractivity contribution in [2.24, 2.45) is 5.73 Å². The maximum absolute atomic E-state index is 11.4. The first-order chi connectivity index (χ1) is 8.40. The lowest BCUT2D eigenvalue weighted by Gasteiger charge is -2.27. The molecule has 2 rings (SSSR count). The molecule has 18 heavy (non-hydrogen) atoms. The Balaban J connectivity index is 2.23. The van der Waals surface area contributed by atoms with Crippen molar-refractivity contribution in [1.29, 1.82) is 0 Å². The Morgan fingerprint density at radius 2 is 2.28 bits per heavy atom. The maximum atomic E-state index is 11.4. The van der Waals surface area contributed by atoms with Gasteiger partial charge in [-0.2, -0.15) is 0 Å². The van der Waals surface area contributed by atoms with Crippen molar-refractivity contribution < 1.29 is 9.53 Å². The first-order valence-corrected chi connectivity index (χ1v) is 5.91. The Kier molecular flexibility index (Phi) is 3.17. The van der Waals surface area contributed by atoms with Gasteiger partial charge >= 0.3 is 5.97 Å². The molecule has 0 aliphatic carbocycles. The molecule has 0 fully saturated rings. The SMILES string of the molecule is COC(=O)c1ccc2c(c1)NCN2CC(C)(C)N. The van der Waals surface area contributed by atoms with E-state index in [-0.39, 0.29) is 11.5 Å². The monoisotopic (exact) mass is 249 g/mol. The Hall–Kier alpha value is -1.75. The van der Waals surface area contributed by atoms with Gasteiger partial charge in [0.05, 0.1) is 30.7 Å². The molecule has 0 saturated heterocycles.